The van der Waals surface area contributed by atoms with Gasteiger partial charge < -0.3 is 14.2 Å². The van der Waals surface area contributed by atoms with E-state index in [1.807, 2.05) is 6.07 Å². The fourth-order valence-corrected chi connectivity index (χ4v) is 3.67. The lowest BCUT2D eigenvalue weighted by molar-refractivity contribution is 0.173. The van der Waals surface area contributed by atoms with Crippen LogP contribution >= 0.6 is 0 Å². The van der Waals surface area contributed by atoms with E-state index >= 15 is 0 Å². The molecule has 0 N–H and O–H groups in total. The second kappa shape index (κ2) is 7.49. The highest BCUT2D eigenvalue weighted by molar-refractivity contribution is 5.80. The molecule has 1 aromatic carbocycles. The fourth-order valence-electron chi connectivity index (χ4n) is 3.67. The predicted molar refractivity (Wildman–Crippen MR) is 98.4 cm³/mol. The molecule has 0 atom stereocenters. The molecule has 130 valence electrons. The smallest absolute Gasteiger partial charge is 0.336 e. The Morgan fingerprint density at radius 3 is 2.71 bits per heavy atom. The van der Waals surface area contributed by atoms with Gasteiger partial charge in [0.1, 0.15) is 5.58 Å². The van der Waals surface area contributed by atoms with Crippen LogP contribution < -0.4 is 5.63 Å². The number of rotatable bonds is 5. The van der Waals surface area contributed by atoms with Crippen molar-refractivity contribution in [1.82, 2.24) is 9.80 Å². The van der Waals surface area contributed by atoms with Gasteiger partial charge in [-0.05, 0) is 69.6 Å². The molecule has 4 nitrogen and oxygen atoms in total. The maximum Gasteiger partial charge on any atom is 0.336 e. The monoisotopic (exact) mass is 328 g/mol. The number of likely N-dealkylation sites (tertiary alicyclic amines) is 1. The van der Waals surface area contributed by atoms with Crippen molar-refractivity contribution in [1.29, 1.82) is 0 Å². The molecular formula is C20H28N2O2. The van der Waals surface area contributed by atoms with Gasteiger partial charge in [0.05, 0.1) is 0 Å². The molecule has 1 aromatic heterocycles. The van der Waals surface area contributed by atoms with Crippen molar-refractivity contribution >= 4 is 11.0 Å². The van der Waals surface area contributed by atoms with Gasteiger partial charge in [0.2, 0.25) is 0 Å². The molecule has 0 saturated carbocycles. The van der Waals surface area contributed by atoms with E-state index in [4.69, 9.17) is 4.42 Å². The largest absolute Gasteiger partial charge is 0.423 e. The molecule has 3 rings (SSSR count). The molecule has 0 radical (unpaired) electrons. The average Bonchev–Trinajstić information content (AvgIpc) is 2.56. The minimum atomic E-state index is -0.251. The molecule has 0 aliphatic carbocycles. The summed E-state index contributed by atoms with van der Waals surface area (Å²) in [6.45, 7) is 6.37. The molecule has 4 heteroatoms. The van der Waals surface area contributed by atoms with E-state index in [0.717, 1.165) is 36.4 Å². The van der Waals surface area contributed by atoms with Crippen LogP contribution in [0.1, 0.15) is 30.9 Å². The van der Waals surface area contributed by atoms with Crippen LogP contribution in [0.2, 0.25) is 0 Å². The minimum Gasteiger partial charge on any atom is -0.423 e. The van der Waals surface area contributed by atoms with Gasteiger partial charge in [-0.3, -0.25) is 0 Å². The van der Waals surface area contributed by atoms with Gasteiger partial charge >= 0.3 is 5.63 Å². The number of benzene rings is 1. The van der Waals surface area contributed by atoms with Crippen LogP contribution in [0.25, 0.3) is 11.0 Å². The first kappa shape index (κ1) is 17.2. The molecular weight excluding hydrogens is 300 g/mol. The summed E-state index contributed by atoms with van der Waals surface area (Å²) in [5.74, 6) is 0.754. The van der Waals surface area contributed by atoms with E-state index in [-0.39, 0.29) is 5.63 Å². The van der Waals surface area contributed by atoms with Gasteiger partial charge in [-0.1, -0.05) is 19.1 Å². The Morgan fingerprint density at radius 2 is 2.00 bits per heavy atom. The zero-order valence-corrected chi connectivity index (χ0v) is 15.0. The Bertz CT molecular complexity index is 745. The standard InChI is InChI=1S/C20H28N2O2/c1-4-15-5-6-18-17(12-20(23)24-19(18)11-15)14-22(3)13-16-7-9-21(2)10-8-16/h5-6,11-12,16H,4,7-10,13-14H2,1-3H3. The molecule has 0 spiro atoms. The highest BCUT2D eigenvalue weighted by Gasteiger charge is 2.18. The van der Waals surface area contributed by atoms with Crippen LogP contribution in [0.4, 0.5) is 0 Å². The van der Waals surface area contributed by atoms with Crippen molar-refractivity contribution in [3.8, 4) is 0 Å². The summed E-state index contributed by atoms with van der Waals surface area (Å²) in [5, 5.41) is 1.06. The number of fused-ring (bicyclic) bond motifs is 1. The molecule has 1 aliphatic rings. The van der Waals surface area contributed by atoms with Crippen molar-refractivity contribution in [3.63, 3.8) is 0 Å². The number of aryl methyl sites for hydroxylation is 1. The van der Waals surface area contributed by atoms with E-state index in [1.54, 1.807) is 6.07 Å². The van der Waals surface area contributed by atoms with Crippen molar-refractivity contribution < 1.29 is 4.42 Å². The van der Waals surface area contributed by atoms with Crippen LogP contribution in [-0.4, -0.2) is 43.5 Å². The Labute approximate surface area is 144 Å². The summed E-state index contributed by atoms with van der Waals surface area (Å²) in [6, 6.07) is 7.87. The van der Waals surface area contributed by atoms with Crippen molar-refractivity contribution in [2.75, 3.05) is 33.7 Å². The highest BCUT2D eigenvalue weighted by atomic mass is 16.4. The summed E-state index contributed by atoms with van der Waals surface area (Å²) in [5.41, 5.74) is 2.73. The van der Waals surface area contributed by atoms with Crippen molar-refractivity contribution in [2.45, 2.75) is 32.7 Å². The molecule has 24 heavy (non-hydrogen) atoms. The van der Waals surface area contributed by atoms with E-state index in [9.17, 15) is 4.79 Å². The summed E-state index contributed by atoms with van der Waals surface area (Å²) in [7, 11) is 4.35. The van der Waals surface area contributed by atoms with Gasteiger partial charge in [0, 0.05) is 24.5 Å². The molecule has 0 amide bonds. The third-order valence-electron chi connectivity index (χ3n) is 5.15. The molecule has 1 saturated heterocycles. The molecule has 0 unspecified atom stereocenters. The predicted octanol–water partition coefficient (Wildman–Crippen LogP) is 3.13. The van der Waals surface area contributed by atoms with E-state index < -0.39 is 0 Å². The molecule has 0 bridgehead atoms. The Morgan fingerprint density at radius 1 is 1.25 bits per heavy atom. The molecule has 2 heterocycles. The summed E-state index contributed by atoms with van der Waals surface area (Å²) >= 11 is 0. The number of hydrogen-bond acceptors (Lipinski definition) is 4. The summed E-state index contributed by atoms with van der Waals surface area (Å²) < 4.78 is 5.41. The van der Waals surface area contributed by atoms with Gasteiger partial charge in [0.15, 0.2) is 0 Å². The van der Waals surface area contributed by atoms with E-state index in [2.05, 4.69) is 43.0 Å². The summed E-state index contributed by atoms with van der Waals surface area (Å²) in [6.07, 6.45) is 3.47. The second-order valence-electron chi connectivity index (χ2n) is 7.22. The lowest BCUT2D eigenvalue weighted by Crippen LogP contribution is -2.35. The van der Waals surface area contributed by atoms with Crippen molar-refractivity contribution in [2.24, 2.45) is 5.92 Å². The SMILES string of the molecule is CCc1ccc2c(CN(C)CC3CCN(C)CC3)cc(=O)oc2c1. The van der Waals surface area contributed by atoms with Crippen LogP contribution in [0.3, 0.4) is 0 Å². The van der Waals surface area contributed by atoms with Crippen molar-refractivity contribution in [3.05, 3.63) is 45.8 Å². The Hall–Kier alpha value is -1.65. The highest BCUT2D eigenvalue weighted by Crippen LogP contribution is 2.22. The van der Waals surface area contributed by atoms with Gasteiger partial charge in [-0.25, -0.2) is 4.79 Å². The first-order valence-electron chi connectivity index (χ1n) is 8.98. The lowest BCUT2D eigenvalue weighted by Gasteiger charge is -2.31. The maximum atomic E-state index is 11.9. The van der Waals surface area contributed by atoms with Gasteiger partial charge in [-0.2, -0.15) is 0 Å². The lowest BCUT2D eigenvalue weighted by atomic mass is 9.96. The van der Waals surface area contributed by atoms with Crippen LogP contribution in [0, 0.1) is 5.92 Å². The van der Waals surface area contributed by atoms with Gasteiger partial charge in [0.25, 0.3) is 0 Å². The first-order valence-corrected chi connectivity index (χ1v) is 8.98. The molecule has 1 fully saturated rings. The first-order chi connectivity index (χ1) is 11.5. The van der Waals surface area contributed by atoms with Crippen LogP contribution in [0.5, 0.6) is 0 Å². The zero-order valence-electron chi connectivity index (χ0n) is 15.0. The maximum absolute atomic E-state index is 11.9. The quantitative estimate of drug-likeness (QED) is 0.790. The number of nitrogens with zero attached hydrogens (tertiary/aromatic N) is 2. The van der Waals surface area contributed by atoms with Crippen LogP contribution in [-0.2, 0) is 13.0 Å². The topological polar surface area (TPSA) is 36.7 Å². The summed E-state index contributed by atoms with van der Waals surface area (Å²) in [4.78, 5) is 16.7. The molecule has 2 aromatic rings. The van der Waals surface area contributed by atoms with Crippen LogP contribution in [0.15, 0.2) is 33.5 Å². The average molecular weight is 328 g/mol. The van der Waals surface area contributed by atoms with E-state index in [0.29, 0.717) is 5.58 Å². The fraction of sp³-hybridized carbons (Fsp3) is 0.550. The second-order valence-corrected chi connectivity index (χ2v) is 7.22. The van der Waals surface area contributed by atoms with Gasteiger partial charge in [-0.15, -0.1) is 0 Å². The zero-order chi connectivity index (χ0) is 17.1. The Balaban J connectivity index is 1.75. The number of piperidine rings is 1. The third kappa shape index (κ3) is 4.05. The number of hydrogen-bond donors (Lipinski definition) is 0. The normalized spacial score (nSPS) is 17.0. The van der Waals surface area contributed by atoms with E-state index in [1.165, 1.54) is 31.5 Å². The molecule has 1 aliphatic heterocycles. The minimum absolute atomic E-state index is 0.251. The Kier molecular flexibility index (Phi) is 5.36. The third-order valence-corrected chi connectivity index (χ3v) is 5.15.